The molecule has 4 aromatic rings. The van der Waals surface area contributed by atoms with E-state index in [4.69, 9.17) is 39.0 Å². The molecule has 0 aromatic carbocycles. The largest absolute Gasteiger partial charge is 0.386 e. The lowest BCUT2D eigenvalue weighted by Gasteiger charge is -2.27. The van der Waals surface area contributed by atoms with Gasteiger partial charge < -0.3 is 30.0 Å². The smallest absolute Gasteiger partial charge is 0.382 e. The third-order valence-electron chi connectivity index (χ3n) is 7.46. The van der Waals surface area contributed by atoms with E-state index in [9.17, 15) is 9.13 Å². The van der Waals surface area contributed by atoms with Gasteiger partial charge in [0.15, 0.2) is 22.9 Å². The van der Waals surface area contributed by atoms with Crippen molar-refractivity contribution in [3.8, 4) is 0 Å². The first kappa shape index (κ1) is 28.1. The summed E-state index contributed by atoms with van der Waals surface area (Å²) in [7, 11) is -3.04. The molecular weight excluding hydrogens is 614 g/mol. The van der Waals surface area contributed by atoms with E-state index >= 15 is 0 Å². The van der Waals surface area contributed by atoms with E-state index < -0.39 is 57.8 Å². The van der Waals surface area contributed by atoms with Crippen molar-refractivity contribution in [2.45, 2.75) is 50.2 Å². The SMILES string of the molecule is C[C@@H]1[C@@H]2O[P@](=O)(S)OC[C@H]3O[C@@H](n4cnc5c(N)ncnc54)C[C@@H]3O[PH](=O)OC[C@H]2O[C@H]1n1cnc2c(N)ncnc21. The summed E-state index contributed by atoms with van der Waals surface area (Å²) >= 11 is 4.23. The Labute approximate surface area is 243 Å². The fraction of sp³-hybridized carbons (Fsp3) is 0.524. The van der Waals surface area contributed by atoms with E-state index in [1.54, 1.807) is 9.13 Å². The van der Waals surface area contributed by atoms with Crippen molar-refractivity contribution in [1.82, 2.24) is 39.0 Å². The van der Waals surface area contributed by atoms with Crippen LogP contribution in [0, 0.1) is 5.92 Å². The van der Waals surface area contributed by atoms with Gasteiger partial charge in [0.05, 0.1) is 32.0 Å². The molecule has 3 aliphatic rings. The molecule has 0 amide bonds. The van der Waals surface area contributed by atoms with Crippen molar-refractivity contribution in [2.75, 3.05) is 24.7 Å². The second kappa shape index (κ2) is 10.8. The molecule has 18 nitrogen and oxygen atoms in total. The molecule has 42 heavy (non-hydrogen) atoms. The molecule has 0 aliphatic carbocycles. The first-order chi connectivity index (χ1) is 20.2. The summed E-state index contributed by atoms with van der Waals surface area (Å²) in [6.45, 7) is -2.56. The van der Waals surface area contributed by atoms with Crippen LogP contribution in [0.15, 0.2) is 25.3 Å². The first-order valence-electron chi connectivity index (χ1n) is 12.8. The quantitative estimate of drug-likeness (QED) is 0.210. The van der Waals surface area contributed by atoms with Gasteiger partial charge >= 0.3 is 15.1 Å². The number of aromatic nitrogens is 8. The first-order valence-corrected chi connectivity index (χ1v) is 16.8. The Hall–Kier alpha value is -2.73. The topological polar surface area (TPSA) is 229 Å². The Morgan fingerprint density at radius 3 is 2.31 bits per heavy atom. The summed E-state index contributed by atoms with van der Waals surface area (Å²) in [4.78, 5) is 25.0. The van der Waals surface area contributed by atoms with Crippen LogP contribution in [-0.4, -0.2) is 76.7 Å². The minimum Gasteiger partial charge on any atom is -0.382 e. The fourth-order valence-electron chi connectivity index (χ4n) is 5.44. The average Bonchev–Trinajstić information content (AvgIpc) is 3.72. The summed E-state index contributed by atoms with van der Waals surface area (Å²) < 4.78 is 65.2. The van der Waals surface area contributed by atoms with Gasteiger partial charge in [-0.15, -0.1) is 0 Å². The lowest BCUT2D eigenvalue weighted by molar-refractivity contribution is -0.0532. The minimum atomic E-state index is -3.97. The van der Waals surface area contributed by atoms with Gasteiger partial charge in [-0.05, 0) is 0 Å². The maximum absolute atomic E-state index is 13.5. The number of nitrogens with zero attached hydrogens (tertiary/aromatic N) is 8. The number of nitrogens with two attached hydrogens (primary N) is 2. The van der Waals surface area contributed by atoms with E-state index in [1.807, 2.05) is 6.92 Å². The van der Waals surface area contributed by atoms with Crippen molar-refractivity contribution in [2.24, 2.45) is 5.92 Å². The Morgan fingerprint density at radius 2 is 1.60 bits per heavy atom. The van der Waals surface area contributed by atoms with Crippen molar-refractivity contribution in [3.05, 3.63) is 25.3 Å². The van der Waals surface area contributed by atoms with Crippen LogP contribution in [-0.2, 0) is 36.7 Å². The number of ether oxygens (including phenoxy) is 2. The lowest BCUT2D eigenvalue weighted by atomic mass is 10.0. The number of fused-ring (bicyclic) bond motifs is 4. The zero-order valence-corrected chi connectivity index (χ0v) is 24.7. The maximum atomic E-state index is 13.5. The molecular formula is C21H26N10O8P2S. The van der Waals surface area contributed by atoms with Gasteiger partial charge in [-0.3, -0.25) is 22.7 Å². The van der Waals surface area contributed by atoms with E-state index in [0.717, 1.165) is 0 Å². The molecule has 3 fully saturated rings. The highest BCUT2D eigenvalue weighted by Gasteiger charge is 2.49. The van der Waals surface area contributed by atoms with Gasteiger partial charge in [-0.25, -0.2) is 34.5 Å². The molecule has 7 heterocycles. The molecule has 0 radical (unpaired) electrons. The molecule has 0 spiro atoms. The van der Waals surface area contributed by atoms with Crippen molar-refractivity contribution >= 4 is 61.3 Å². The Bertz CT molecular complexity index is 1720. The van der Waals surface area contributed by atoms with Crippen LogP contribution in [0.4, 0.5) is 11.6 Å². The molecule has 0 bridgehead atoms. The normalized spacial score (nSPS) is 36.0. The summed E-state index contributed by atoms with van der Waals surface area (Å²) in [5.41, 5.74) is 13.6. The predicted octanol–water partition coefficient (Wildman–Crippen LogP) is 1.90. The highest BCUT2D eigenvalue weighted by atomic mass is 32.7. The van der Waals surface area contributed by atoms with Crippen LogP contribution in [0.1, 0.15) is 25.8 Å². The van der Waals surface area contributed by atoms with E-state index in [2.05, 4.69) is 42.2 Å². The number of rotatable bonds is 2. The van der Waals surface area contributed by atoms with Crippen molar-refractivity contribution in [1.29, 1.82) is 0 Å². The number of imidazole rings is 2. The third-order valence-corrected chi connectivity index (χ3v) is 9.97. The number of hydrogen-bond donors (Lipinski definition) is 3. The van der Waals surface area contributed by atoms with Crippen molar-refractivity contribution < 1.29 is 36.7 Å². The van der Waals surface area contributed by atoms with Gasteiger partial charge in [0, 0.05) is 12.3 Å². The second-order valence-corrected chi connectivity index (χ2v) is 13.9. The summed E-state index contributed by atoms with van der Waals surface area (Å²) in [5.74, 6) is 0.0108. The zero-order valence-electron chi connectivity index (χ0n) is 21.9. The average molecular weight is 641 g/mol. The zero-order chi connectivity index (χ0) is 29.2. The maximum Gasteiger partial charge on any atom is 0.386 e. The standard InChI is InChI=1S/C21H26N10O8P2S/c1-9-16-12(37-21(9)31-8-29-15-18(23)25-6-27-20(15)31)3-34-40(32)38-10-2-13(36-11(10)4-35-41(33,42)39-16)30-7-28-14-17(22)24-5-26-19(14)30/h5-13,16,21,40H,2-4H2,1H3,(H,33,42)(H2,22,24,26)(H2,23,25,27)/t9-,10+,11-,12-,13-,16+,21-,41-/m1/s1. The van der Waals surface area contributed by atoms with E-state index in [1.165, 1.54) is 25.3 Å². The predicted molar refractivity (Wildman–Crippen MR) is 148 cm³/mol. The summed E-state index contributed by atoms with van der Waals surface area (Å²) in [6.07, 6.45) is 1.42. The lowest BCUT2D eigenvalue weighted by Crippen LogP contribution is -2.33. The summed E-state index contributed by atoms with van der Waals surface area (Å²) in [6, 6.07) is 0. The molecule has 9 atom stereocenters. The van der Waals surface area contributed by atoms with Gasteiger partial charge in [0.2, 0.25) is 0 Å². The monoisotopic (exact) mass is 640 g/mol. The highest BCUT2D eigenvalue weighted by molar-refractivity contribution is 8.44. The second-order valence-electron chi connectivity index (χ2n) is 10.0. The van der Waals surface area contributed by atoms with Crippen LogP contribution < -0.4 is 11.5 Å². The van der Waals surface area contributed by atoms with Gasteiger partial charge in [-0.1, -0.05) is 19.2 Å². The van der Waals surface area contributed by atoms with E-state index in [0.29, 0.717) is 22.3 Å². The highest BCUT2D eigenvalue weighted by Crippen LogP contribution is 2.58. The summed E-state index contributed by atoms with van der Waals surface area (Å²) in [5, 5.41) is 0. The molecule has 0 saturated carbocycles. The fourth-order valence-corrected chi connectivity index (χ4v) is 7.86. The third kappa shape index (κ3) is 4.98. The Balaban J connectivity index is 1.12. The molecule has 3 aliphatic heterocycles. The molecule has 7 rings (SSSR count). The molecule has 4 aromatic heterocycles. The van der Waals surface area contributed by atoms with Gasteiger partial charge in [0.1, 0.15) is 54.5 Å². The Kier molecular flexibility index (Phi) is 7.19. The van der Waals surface area contributed by atoms with E-state index in [-0.39, 0.29) is 31.3 Å². The molecule has 21 heteroatoms. The van der Waals surface area contributed by atoms with Crippen LogP contribution in [0.25, 0.3) is 22.3 Å². The van der Waals surface area contributed by atoms with Crippen LogP contribution >= 0.6 is 27.3 Å². The Morgan fingerprint density at radius 1 is 0.929 bits per heavy atom. The number of thiol groups is 1. The van der Waals surface area contributed by atoms with Gasteiger partial charge in [0.25, 0.3) is 0 Å². The molecule has 224 valence electrons. The van der Waals surface area contributed by atoms with Crippen LogP contribution in [0.3, 0.4) is 0 Å². The van der Waals surface area contributed by atoms with Crippen LogP contribution in [0.2, 0.25) is 0 Å². The number of nitrogen functional groups attached to an aromatic ring is 2. The molecule has 4 N–H and O–H groups in total. The number of anilines is 2. The van der Waals surface area contributed by atoms with Crippen LogP contribution in [0.5, 0.6) is 0 Å². The minimum absolute atomic E-state index is 0.190. The molecule has 1 unspecified atom stereocenters. The van der Waals surface area contributed by atoms with Crippen molar-refractivity contribution in [3.63, 3.8) is 0 Å². The van der Waals surface area contributed by atoms with Gasteiger partial charge in [-0.2, -0.15) is 0 Å². The molecule has 3 saturated heterocycles. The number of hydrogen-bond acceptors (Lipinski definition) is 16.